The lowest BCUT2D eigenvalue weighted by atomic mass is 9.84. The number of rotatable bonds is 5. The number of allylic oxidation sites excluding steroid dienone is 4. The second-order valence-corrected chi connectivity index (χ2v) is 10.0. The van der Waals surface area contributed by atoms with Gasteiger partial charge in [0.25, 0.3) is 0 Å². The molecule has 2 atom stereocenters. The molecule has 1 fully saturated rings. The first-order valence-electron chi connectivity index (χ1n) is 10.2. The van der Waals surface area contributed by atoms with E-state index in [4.69, 9.17) is 9.47 Å². The minimum atomic E-state index is -0.424. The molecule has 0 aromatic carbocycles. The van der Waals surface area contributed by atoms with E-state index in [0.717, 1.165) is 51.1 Å². The fourth-order valence-corrected chi connectivity index (χ4v) is 4.12. The van der Waals surface area contributed by atoms with Crippen molar-refractivity contribution in [1.29, 1.82) is 0 Å². The lowest BCUT2D eigenvalue weighted by Crippen LogP contribution is -2.42. The molecule has 154 valence electrons. The van der Waals surface area contributed by atoms with E-state index in [1.807, 2.05) is 25.7 Å². The zero-order chi connectivity index (χ0) is 20.2. The van der Waals surface area contributed by atoms with Crippen LogP contribution in [0.15, 0.2) is 21.9 Å². The van der Waals surface area contributed by atoms with Crippen molar-refractivity contribution in [2.24, 2.45) is 17.8 Å². The van der Waals surface area contributed by atoms with Gasteiger partial charge in [0.15, 0.2) is 0 Å². The summed E-state index contributed by atoms with van der Waals surface area (Å²) in [6.45, 7) is 14.8. The second-order valence-electron chi connectivity index (χ2n) is 9.17. The Hall–Kier alpha value is -0.970. The number of piperidine rings is 1. The third kappa shape index (κ3) is 6.85. The van der Waals surface area contributed by atoms with E-state index in [1.54, 1.807) is 0 Å². The Morgan fingerprint density at radius 2 is 1.96 bits per heavy atom. The minimum Gasteiger partial charge on any atom is -0.498 e. The van der Waals surface area contributed by atoms with Crippen LogP contribution < -0.4 is 0 Å². The van der Waals surface area contributed by atoms with E-state index >= 15 is 0 Å². The normalized spacial score (nSPS) is 23.1. The van der Waals surface area contributed by atoms with Gasteiger partial charge in [-0.05, 0) is 76.4 Å². The quantitative estimate of drug-likeness (QED) is 0.504. The molecule has 0 aromatic rings. The fraction of sp³-hybridized carbons (Fsp3) is 0.773. The molecule has 0 aromatic heterocycles. The molecule has 0 N–H and O–H groups in total. The summed E-state index contributed by atoms with van der Waals surface area (Å²) in [7, 11) is 0. The number of amides is 1. The average molecular weight is 442 g/mol. The predicted molar refractivity (Wildman–Crippen MR) is 114 cm³/mol. The smallest absolute Gasteiger partial charge is 0.410 e. The number of ether oxygens (including phenoxy) is 2. The van der Waals surface area contributed by atoms with Gasteiger partial charge >= 0.3 is 6.09 Å². The second kappa shape index (κ2) is 9.49. The van der Waals surface area contributed by atoms with Gasteiger partial charge in [-0.3, -0.25) is 0 Å². The molecule has 0 bridgehead atoms. The first-order valence-corrected chi connectivity index (χ1v) is 11.0. The number of hydrogen-bond acceptors (Lipinski definition) is 3. The Morgan fingerprint density at radius 3 is 2.52 bits per heavy atom. The van der Waals surface area contributed by atoms with Gasteiger partial charge in [-0.2, -0.15) is 0 Å². The molecule has 27 heavy (non-hydrogen) atoms. The molecule has 2 unspecified atom stereocenters. The lowest BCUT2D eigenvalue weighted by Gasteiger charge is -2.35. The van der Waals surface area contributed by atoms with Crippen molar-refractivity contribution in [1.82, 2.24) is 4.90 Å². The SMILES string of the molecule is CC1=C(Br)C(C)CC(OCCC(C)C2CCN(C(=O)OC(C)(C)C)CC2)=C1. The molecule has 1 saturated heterocycles. The Kier molecular flexibility index (Phi) is 7.84. The summed E-state index contributed by atoms with van der Waals surface area (Å²) in [5, 5.41) is 0. The number of carbonyl (C=O) groups excluding carboxylic acids is 1. The Bertz CT molecular complexity index is 583. The van der Waals surface area contributed by atoms with Crippen LogP contribution in [-0.4, -0.2) is 36.3 Å². The summed E-state index contributed by atoms with van der Waals surface area (Å²) in [4.78, 5) is 14.0. The van der Waals surface area contributed by atoms with Gasteiger partial charge in [-0.15, -0.1) is 0 Å². The summed E-state index contributed by atoms with van der Waals surface area (Å²) < 4.78 is 12.8. The number of hydrogen-bond donors (Lipinski definition) is 0. The van der Waals surface area contributed by atoms with Crippen LogP contribution in [0.2, 0.25) is 0 Å². The van der Waals surface area contributed by atoms with Crippen molar-refractivity contribution >= 4 is 22.0 Å². The minimum absolute atomic E-state index is 0.176. The van der Waals surface area contributed by atoms with Gasteiger partial charge in [0.2, 0.25) is 0 Å². The molecule has 4 nitrogen and oxygen atoms in total. The van der Waals surface area contributed by atoms with Gasteiger partial charge in [0.1, 0.15) is 5.60 Å². The highest BCUT2D eigenvalue weighted by Gasteiger charge is 2.29. The lowest BCUT2D eigenvalue weighted by molar-refractivity contribution is 0.0155. The van der Waals surface area contributed by atoms with E-state index in [9.17, 15) is 4.79 Å². The van der Waals surface area contributed by atoms with Crippen molar-refractivity contribution in [2.45, 2.75) is 72.8 Å². The van der Waals surface area contributed by atoms with Gasteiger partial charge in [0.05, 0.1) is 12.4 Å². The van der Waals surface area contributed by atoms with Crippen LogP contribution in [0.1, 0.15) is 67.2 Å². The molecule has 0 saturated carbocycles. The fourth-order valence-electron chi connectivity index (χ4n) is 3.84. The van der Waals surface area contributed by atoms with Crippen LogP contribution in [-0.2, 0) is 9.47 Å². The van der Waals surface area contributed by atoms with Crippen LogP contribution in [0.25, 0.3) is 0 Å². The average Bonchev–Trinajstić information content (AvgIpc) is 2.58. The number of carbonyl (C=O) groups is 1. The van der Waals surface area contributed by atoms with Crippen LogP contribution in [0.3, 0.4) is 0 Å². The van der Waals surface area contributed by atoms with Crippen LogP contribution in [0.4, 0.5) is 4.79 Å². The number of halogens is 1. The van der Waals surface area contributed by atoms with Crippen LogP contribution in [0.5, 0.6) is 0 Å². The van der Waals surface area contributed by atoms with Crippen molar-refractivity contribution in [3.8, 4) is 0 Å². The zero-order valence-electron chi connectivity index (χ0n) is 17.8. The molecule has 5 heteroatoms. The third-order valence-electron chi connectivity index (χ3n) is 5.55. The van der Waals surface area contributed by atoms with Crippen molar-refractivity contribution in [3.63, 3.8) is 0 Å². The highest BCUT2D eigenvalue weighted by Crippen LogP contribution is 2.34. The Labute approximate surface area is 173 Å². The Balaban J connectivity index is 1.71. The highest BCUT2D eigenvalue weighted by molar-refractivity contribution is 9.11. The topological polar surface area (TPSA) is 38.8 Å². The van der Waals surface area contributed by atoms with Crippen molar-refractivity contribution in [3.05, 3.63) is 21.9 Å². The van der Waals surface area contributed by atoms with Crippen molar-refractivity contribution < 1.29 is 14.3 Å². The molecule has 1 aliphatic carbocycles. The summed E-state index contributed by atoms with van der Waals surface area (Å²) in [5.41, 5.74) is 0.846. The van der Waals surface area contributed by atoms with E-state index in [1.165, 1.54) is 10.1 Å². The maximum absolute atomic E-state index is 12.2. The molecule has 2 aliphatic rings. The molecule has 0 radical (unpaired) electrons. The third-order valence-corrected chi connectivity index (χ3v) is 6.96. The summed E-state index contributed by atoms with van der Waals surface area (Å²) in [6, 6.07) is 0. The van der Waals surface area contributed by atoms with Crippen LogP contribution in [0, 0.1) is 17.8 Å². The largest absolute Gasteiger partial charge is 0.498 e. The standard InChI is InChI=1S/C22H36BrNO3/c1-15(9-12-26-19-13-16(2)20(23)17(3)14-19)18-7-10-24(11-8-18)21(25)27-22(4,5)6/h13,15,17-18H,7-12,14H2,1-6H3. The maximum Gasteiger partial charge on any atom is 0.410 e. The van der Waals surface area contributed by atoms with Gasteiger partial charge < -0.3 is 14.4 Å². The molecule has 1 heterocycles. The highest BCUT2D eigenvalue weighted by atomic mass is 79.9. The van der Waals surface area contributed by atoms with E-state index < -0.39 is 5.60 Å². The summed E-state index contributed by atoms with van der Waals surface area (Å²) in [5.74, 6) is 2.87. The van der Waals surface area contributed by atoms with E-state index in [0.29, 0.717) is 17.8 Å². The molecule has 0 spiro atoms. The molecule has 1 aliphatic heterocycles. The molecular formula is C22H36BrNO3. The first-order chi connectivity index (χ1) is 12.6. The van der Waals surface area contributed by atoms with Gasteiger partial charge in [-0.25, -0.2) is 4.79 Å². The van der Waals surface area contributed by atoms with Gasteiger partial charge in [-0.1, -0.05) is 29.8 Å². The maximum atomic E-state index is 12.2. The van der Waals surface area contributed by atoms with Gasteiger partial charge in [0, 0.05) is 24.0 Å². The molecule has 2 rings (SSSR count). The van der Waals surface area contributed by atoms with Crippen LogP contribution >= 0.6 is 15.9 Å². The van der Waals surface area contributed by atoms with Crippen molar-refractivity contribution in [2.75, 3.05) is 19.7 Å². The summed E-state index contributed by atoms with van der Waals surface area (Å²) in [6.07, 6.45) is 6.12. The molecular weight excluding hydrogens is 406 g/mol. The monoisotopic (exact) mass is 441 g/mol. The predicted octanol–water partition coefficient (Wildman–Crippen LogP) is 6.27. The van der Waals surface area contributed by atoms with E-state index in [-0.39, 0.29) is 6.09 Å². The first kappa shape index (κ1) is 22.3. The zero-order valence-corrected chi connectivity index (χ0v) is 19.4. The Morgan fingerprint density at radius 1 is 1.33 bits per heavy atom. The summed E-state index contributed by atoms with van der Waals surface area (Å²) >= 11 is 3.66. The number of nitrogens with zero attached hydrogens (tertiary/aromatic N) is 1. The van der Waals surface area contributed by atoms with E-state index in [2.05, 4.69) is 42.8 Å². The number of likely N-dealkylation sites (tertiary alicyclic amines) is 1. The molecule has 1 amide bonds.